The molecule has 1 atom stereocenters. The molecule has 0 spiro atoms. The molecular weight excluding hydrogens is 352 g/mol. The number of allylic oxidation sites excluding steroid dienone is 1. The van der Waals surface area contributed by atoms with Gasteiger partial charge in [0, 0.05) is 11.9 Å². The molecule has 0 bridgehead atoms. The van der Waals surface area contributed by atoms with Gasteiger partial charge in [-0.1, -0.05) is 29.8 Å². The summed E-state index contributed by atoms with van der Waals surface area (Å²) in [6.45, 7) is 5.85. The monoisotopic (exact) mass is 380 g/mol. The standard InChI is InChI=1S/C23H28N2O3/c1-15-19-11-7-8-12-20(19)25-16(2)21(15)23(27)28-17(3)22(26)24-14-13-18-9-5-4-6-10-18/h7-9,11-12,17H,4-6,10,13-14H2,1-3H3,(H,24,26)/t17-/m1/s1. The molecule has 0 radical (unpaired) electrons. The van der Waals surface area contributed by atoms with Crippen molar-refractivity contribution in [1.82, 2.24) is 10.3 Å². The minimum atomic E-state index is -0.849. The van der Waals surface area contributed by atoms with Crippen molar-refractivity contribution in [2.24, 2.45) is 0 Å². The Kier molecular flexibility index (Phi) is 6.45. The molecule has 1 aromatic carbocycles. The summed E-state index contributed by atoms with van der Waals surface area (Å²) in [5.41, 5.74) is 4.12. The molecule has 5 nitrogen and oxygen atoms in total. The van der Waals surface area contributed by atoms with E-state index in [2.05, 4.69) is 16.4 Å². The van der Waals surface area contributed by atoms with E-state index in [1.165, 1.54) is 18.4 Å². The van der Waals surface area contributed by atoms with Gasteiger partial charge in [0.15, 0.2) is 6.10 Å². The van der Waals surface area contributed by atoms with E-state index in [4.69, 9.17) is 4.74 Å². The van der Waals surface area contributed by atoms with Crippen LogP contribution in [0.3, 0.4) is 0 Å². The third kappa shape index (κ3) is 4.58. The van der Waals surface area contributed by atoms with Crippen molar-refractivity contribution in [2.75, 3.05) is 6.54 Å². The highest BCUT2D eigenvalue weighted by Crippen LogP contribution is 2.23. The van der Waals surface area contributed by atoms with Crippen molar-refractivity contribution in [2.45, 2.75) is 59.0 Å². The van der Waals surface area contributed by atoms with Crippen LogP contribution in [-0.2, 0) is 9.53 Å². The molecule has 0 fully saturated rings. The fourth-order valence-electron chi connectivity index (χ4n) is 3.73. The predicted octanol–water partition coefficient (Wildman–Crippen LogP) is 4.40. The van der Waals surface area contributed by atoms with Crippen LogP contribution in [0.1, 0.15) is 60.6 Å². The molecule has 1 aliphatic rings. The van der Waals surface area contributed by atoms with E-state index in [-0.39, 0.29) is 5.91 Å². The van der Waals surface area contributed by atoms with Crippen molar-refractivity contribution < 1.29 is 14.3 Å². The molecular formula is C23H28N2O3. The third-order valence-corrected chi connectivity index (χ3v) is 5.32. The van der Waals surface area contributed by atoms with Gasteiger partial charge in [-0.15, -0.1) is 0 Å². The second-order valence-corrected chi connectivity index (χ2v) is 7.41. The Hall–Kier alpha value is -2.69. The summed E-state index contributed by atoms with van der Waals surface area (Å²) >= 11 is 0. The molecule has 3 rings (SSSR count). The van der Waals surface area contributed by atoms with Crippen LogP contribution in [0.2, 0.25) is 0 Å². The lowest BCUT2D eigenvalue weighted by atomic mass is 9.97. The number of nitrogens with zero attached hydrogens (tertiary/aromatic N) is 1. The summed E-state index contributed by atoms with van der Waals surface area (Å²) in [5, 5.41) is 3.79. The number of nitrogens with one attached hydrogen (secondary N) is 1. The van der Waals surface area contributed by atoms with Gasteiger partial charge in [-0.3, -0.25) is 9.78 Å². The summed E-state index contributed by atoms with van der Waals surface area (Å²) in [7, 11) is 0. The molecule has 2 aromatic rings. The highest BCUT2D eigenvalue weighted by Gasteiger charge is 2.23. The average molecular weight is 380 g/mol. The first-order valence-electron chi connectivity index (χ1n) is 10.00. The van der Waals surface area contributed by atoms with Crippen LogP contribution in [0, 0.1) is 13.8 Å². The van der Waals surface area contributed by atoms with E-state index in [0.29, 0.717) is 17.8 Å². The summed E-state index contributed by atoms with van der Waals surface area (Å²) < 4.78 is 5.45. The molecule has 0 unspecified atom stereocenters. The van der Waals surface area contributed by atoms with Gasteiger partial charge in [-0.05, 0) is 64.5 Å². The van der Waals surface area contributed by atoms with E-state index in [1.807, 2.05) is 31.2 Å². The molecule has 1 aromatic heterocycles. The Morgan fingerprint density at radius 2 is 2.00 bits per heavy atom. The number of ether oxygens (including phenoxy) is 1. The van der Waals surface area contributed by atoms with Crippen molar-refractivity contribution in [1.29, 1.82) is 0 Å². The van der Waals surface area contributed by atoms with Crippen LogP contribution in [0.15, 0.2) is 35.9 Å². The summed E-state index contributed by atoms with van der Waals surface area (Å²) in [6, 6.07) is 7.69. The number of carbonyl (C=O) groups is 2. The maximum Gasteiger partial charge on any atom is 0.341 e. The number of esters is 1. The highest BCUT2D eigenvalue weighted by atomic mass is 16.5. The second kappa shape index (κ2) is 9.00. The second-order valence-electron chi connectivity index (χ2n) is 7.41. The first kappa shape index (κ1) is 20.1. The average Bonchev–Trinajstić information content (AvgIpc) is 2.68. The lowest BCUT2D eigenvalue weighted by Gasteiger charge is -2.17. The van der Waals surface area contributed by atoms with Crippen LogP contribution >= 0.6 is 0 Å². The normalized spacial score (nSPS) is 15.0. The quantitative estimate of drug-likeness (QED) is 0.596. The van der Waals surface area contributed by atoms with Gasteiger partial charge < -0.3 is 10.1 Å². The molecule has 148 valence electrons. The van der Waals surface area contributed by atoms with Crippen LogP contribution in [0.4, 0.5) is 0 Å². The highest BCUT2D eigenvalue weighted by molar-refractivity contribution is 5.99. The predicted molar refractivity (Wildman–Crippen MR) is 110 cm³/mol. The fraction of sp³-hybridized carbons (Fsp3) is 0.435. The first-order valence-corrected chi connectivity index (χ1v) is 10.00. The minimum absolute atomic E-state index is 0.270. The molecule has 0 aliphatic heterocycles. The Balaban J connectivity index is 1.61. The number of para-hydroxylation sites is 1. The number of carbonyl (C=O) groups excluding carboxylic acids is 2. The number of pyridine rings is 1. The molecule has 1 aliphatic carbocycles. The molecule has 0 saturated heterocycles. The van der Waals surface area contributed by atoms with Gasteiger partial charge in [0.05, 0.1) is 16.8 Å². The van der Waals surface area contributed by atoms with E-state index < -0.39 is 12.1 Å². The number of aromatic nitrogens is 1. The molecule has 0 saturated carbocycles. The number of benzene rings is 1. The van der Waals surface area contributed by atoms with Gasteiger partial charge >= 0.3 is 5.97 Å². The summed E-state index contributed by atoms with van der Waals surface area (Å²) in [5.74, 6) is -0.778. The number of fused-ring (bicyclic) bond motifs is 1. The van der Waals surface area contributed by atoms with Crippen LogP contribution < -0.4 is 5.32 Å². The smallest absolute Gasteiger partial charge is 0.341 e. The zero-order valence-corrected chi connectivity index (χ0v) is 16.9. The molecule has 1 heterocycles. The first-order chi connectivity index (χ1) is 13.5. The van der Waals surface area contributed by atoms with Crippen molar-refractivity contribution in [3.63, 3.8) is 0 Å². The number of aryl methyl sites for hydroxylation is 2. The Morgan fingerprint density at radius 1 is 1.21 bits per heavy atom. The van der Waals surface area contributed by atoms with Crippen molar-refractivity contribution in [3.8, 4) is 0 Å². The fourth-order valence-corrected chi connectivity index (χ4v) is 3.73. The Bertz CT molecular complexity index is 917. The Labute approximate surface area is 166 Å². The van der Waals surface area contributed by atoms with Gasteiger partial charge in [-0.25, -0.2) is 4.79 Å². The number of hydrogen-bond donors (Lipinski definition) is 1. The zero-order chi connectivity index (χ0) is 20.1. The molecule has 28 heavy (non-hydrogen) atoms. The van der Waals surface area contributed by atoms with E-state index in [1.54, 1.807) is 13.8 Å². The maximum atomic E-state index is 12.7. The maximum absolute atomic E-state index is 12.7. The van der Waals surface area contributed by atoms with Gasteiger partial charge in [0.25, 0.3) is 5.91 Å². The van der Waals surface area contributed by atoms with Crippen molar-refractivity contribution in [3.05, 3.63) is 52.7 Å². The number of amides is 1. The number of hydrogen-bond acceptors (Lipinski definition) is 4. The summed E-state index contributed by atoms with van der Waals surface area (Å²) in [4.78, 5) is 29.5. The number of rotatable bonds is 6. The lowest BCUT2D eigenvalue weighted by Crippen LogP contribution is -2.36. The van der Waals surface area contributed by atoms with Crippen LogP contribution in [-0.4, -0.2) is 29.5 Å². The Morgan fingerprint density at radius 3 is 2.75 bits per heavy atom. The van der Waals surface area contributed by atoms with Crippen LogP contribution in [0.25, 0.3) is 10.9 Å². The van der Waals surface area contributed by atoms with Gasteiger partial charge in [-0.2, -0.15) is 0 Å². The topological polar surface area (TPSA) is 68.3 Å². The van der Waals surface area contributed by atoms with E-state index >= 15 is 0 Å². The van der Waals surface area contributed by atoms with E-state index in [9.17, 15) is 9.59 Å². The van der Waals surface area contributed by atoms with E-state index in [0.717, 1.165) is 35.7 Å². The van der Waals surface area contributed by atoms with Crippen molar-refractivity contribution >= 4 is 22.8 Å². The minimum Gasteiger partial charge on any atom is -0.449 e. The lowest BCUT2D eigenvalue weighted by molar-refractivity contribution is -0.129. The molecule has 5 heteroatoms. The summed E-state index contributed by atoms with van der Waals surface area (Å²) in [6.07, 6.45) is 7.02. The van der Waals surface area contributed by atoms with Crippen LogP contribution in [0.5, 0.6) is 0 Å². The molecule has 1 amide bonds. The molecule has 1 N–H and O–H groups in total. The largest absolute Gasteiger partial charge is 0.449 e. The zero-order valence-electron chi connectivity index (χ0n) is 16.9. The SMILES string of the molecule is Cc1nc2ccccc2c(C)c1C(=O)O[C@H](C)C(=O)NCCC1=CCCCC1. The third-order valence-electron chi connectivity index (χ3n) is 5.32. The van der Waals surface area contributed by atoms with Gasteiger partial charge in [0.1, 0.15) is 0 Å². The van der Waals surface area contributed by atoms with Gasteiger partial charge in [0.2, 0.25) is 0 Å².